The fraction of sp³-hybridized carbons (Fsp3) is 0.600. The Morgan fingerprint density at radius 3 is 2.72 bits per heavy atom. The van der Waals surface area contributed by atoms with Gasteiger partial charge in [0.25, 0.3) is 0 Å². The number of thioether (sulfide) groups is 1. The van der Waals surface area contributed by atoms with E-state index in [0.29, 0.717) is 11.2 Å². The quantitative estimate of drug-likeness (QED) is 0.825. The molecule has 2 unspecified atom stereocenters. The van der Waals surface area contributed by atoms with Crippen molar-refractivity contribution in [1.82, 2.24) is 0 Å². The average molecular weight is 284 g/mol. The molecular weight excluding hydrogens is 262 g/mol. The van der Waals surface area contributed by atoms with E-state index in [-0.39, 0.29) is 0 Å². The van der Waals surface area contributed by atoms with Crippen molar-refractivity contribution < 1.29 is 0 Å². The monoisotopic (exact) mass is 283 g/mol. The summed E-state index contributed by atoms with van der Waals surface area (Å²) in [4.78, 5) is 0. The van der Waals surface area contributed by atoms with Crippen LogP contribution in [-0.2, 0) is 5.75 Å². The van der Waals surface area contributed by atoms with E-state index in [0.717, 1.165) is 17.3 Å². The Morgan fingerprint density at radius 2 is 1.94 bits per heavy atom. The third-order valence-electron chi connectivity index (χ3n) is 3.80. The highest BCUT2D eigenvalue weighted by Crippen LogP contribution is 2.34. The first-order valence-electron chi connectivity index (χ1n) is 6.86. The van der Waals surface area contributed by atoms with Gasteiger partial charge in [-0.25, -0.2) is 0 Å². The molecule has 0 aliphatic heterocycles. The molecule has 2 atom stereocenters. The van der Waals surface area contributed by atoms with Crippen molar-refractivity contribution in [2.45, 2.75) is 43.1 Å². The summed E-state index contributed by atoms with van der Waals surface area (Å²) in [5, 5.41) is 1.61. The standard InChI is InChI=1S/C15H22ClNS/c16-14-8-5-4-7-13(14)11-18-15-9-3-1-2-6-12(15)10-17/h4-5,7-8,12,15H,1-3,6,9-11,17H2. The van der Waals surface area contributed by atoms with Crippen LogP contribution in [0.3, 0.4) is 0 Å². The Hall–Kier alpha value is -0.180. The molecule has 2 rings (SSSR count). The molecule has 2 N–H and O–H groups in total. The molecule has 1 fully saturated rings. The van der Waals surface area contributed by atoms with Crippen molar-refractivity contribution >= 4 is 23.4 Å². The van der Waals surface area contributed by atoms with Gasteiger partial charge in [0.2, 0.25) is 0 Å². The molecule has 1 saturated carbocycles. The lowest BCUT2D eigenvalue weighted by Crippen LogP contribution is -2.24. The van der Waals surface area contributed by atoms with E-state index in [1.54, 1.807) is 0 Å². The minimum Gasteiger partial charge on any atom is -0.330 e. The summed E-state index contributed by atoms with van der Waals surface area (Å²) in [6.07, 6.45) is 6.70. The molecule has 0 heterocycles. The maximum atomic E-state index is 6.21. The second-order valence-electron chi connectivity index (χ2n) is 5.07. The lowest BCUT2D eigenvalue weighted by molar-refractivity contribution is 0.483. The van der Waals surface area contributed by atoms with Crippen LogP contribution in [0, 0.1) is 5.92 Å². The van der Waals surface area contributed by atoms with E-state index in [1.165, 1.54) is 37.7 Å². The van der Waals surface area contributed by atoms with Gasteiger partial charge < -0.3 is 5.73 Å². The summed E-state index contributed by atoms with van der Waals surface area (Å²) in [6, 6.07) is 8.16. The lowest BCUT2D eigenvalue weighted by Gasteiger charge is -2.23. The fourth-order valence-electron chi connectivity index (χ4n) is 2.65. The number of nitrogens with two attached hydrogens (primary N) is 1. The fourth-order valence-corrected chi connectivity index (χ4v) is 4.43. The molecule has 0 amide bonds. The summed E-state index contributed by atoms with van der Waals surface area (Å²) in [7, 11) is 0. The number of hydrogen-bond donors (Lipinski definition) is 1. The molecule has 1 nitrogen and oxygen atoms in total. The van der Waals surface area contributed by atoms with Crippen molar-refractivity contribution in [2.24, 2.45) is 11.7 Å². The molecule has 1 aromatic rings. The highest BCUT2D eigenvalue weighted by molar-refractivity contribution is 7.99. The average Bonchev–Trinajstić information content (AvgIpc) is 2.62. The maximum absolute atomic E-state index is 6.21. The van der Waals surface area contributed by atoms with Gasteiger partial charge >= 0.3 is 0 Å². The van der Waals surface area contributed by atoms with Gasteiger partial charge in [-0.1, -0.05) is 49.1 Å². The van der Waals surface area contributed by atoms with Crippen LogP contribution in [0.25, 0.3) is 0 Å². The Kier molecular flexibility index (Phi) is 5.87. The van der Waals surface area contributed by atoms with Crippen LogP contribution in [0.2, 0.25) is 5.02 Å². The third kappa shape index (κ3) is 3.91. The Balaban J connectivity index is 1.93. The van der Waals surface area contributed by atoms with Crippen molar-refractivity contribution in [3.8, 4) is 0 Å². The van der Waals surface area contributed by atoms with Crippen molar-refractivity contribution in [2.75, 3.05) is 6.54 Å². The normalized spacial score (nSPS) is 24.8. The van der Waals surface area contributed by atoms with E-state index < -0.39 is 0 Å². The predicted octanol–water partition coefficient (Wildman–Crippen LogP) is 4.48. The van der Waals surface area contributed by atoms with Crippen LogP contribution in [0.4, 0.5) is 0 Å². The molecule has 1 aliphatic carbocycles. The molecule has 0 spiro atoms. The summed E-state index contributed by atoms with van der Waals surface area (Å²) in [5.74, 6) is 1.71. The lowest BCUT2D eigenvalue weighted by atomic mass is 10.0. The van der Waals surface area contributed by atoms with Crippen LogP contribution in [0.5, 0.6) is 0 Å². The van der Waals surface area contributed by atoms with E-state index >= 15 is 0 Å². The van der Waals surface area contributed by atoms with E-state index in [9.17, 15) is 0 Å². The Morgan fingerprint density at radius 1 is 1.17 bits per heavy atom. The highest BCUT2D eigenvalue weighted by Gasteiger charge is 2.22. The highest BCUT2D eigenvalue weighted by atomic mass is 35.5. The van der Waals surface area contributed by atoms with Gasteiger partial charge in [0, 0.05) is 16.0 Å². The first-order chi connectivity index (χ1) is 8.81. The molecule has 0 bridgehead atoms. The maximum Gasteiger partial charge on any atom is 0.0446 e. The summed E-state index contributed by atoms with van der Waals surface area (Å²) >= 11 is 8.25. The van der Waals surface area contributed by atoms with Crippen LogP contribution < -0.4 is 5.73 Å². The van der Waals surface area contributed by atoms with Crippen LogP contribution in [0.15, 0.2) is 24.3 Å². The minimum atomic E-state index is 0.694. The second kappa shape index (κ2) is 7.42. The number of rotatable bonds is 4. The van der Waals surface area contributed by atoms with E-state index in [1.807, 2.05) is 23.9 Å². The van der Waals surface area contributed by atoms with Gasteiger partial charge in [0.15, 0.2) is 0 Å². The van der Waals surface area contributed by atoms with Crippen LogP contribution >= 0.6 is 23.4 Å². The number of halogens is 1. The number of hydrogen-bond acceptors (Lipinski definition) is 2. The summed E-state index contributed by atoms with van der Waals surface area (Å²) in [6.45, 7) is 0.834. The second-order valence-corrected chi connectivity index (χ2v) is 6.71. The van der Waals surface area contributed by atoms with Crippen molar-refractivity contribution in [3.05, 3.63) is 34.9 Å². The number of benzene rings is 1. The largest absolute Gasteiger partial charge is 0.330 e. The van der Waals surface area contributed by atoms with Gasteiger partial charge in [-0.2, -0.15) is 11.8 Å². The first kappa shape index (κ1) is 14.2. The molecular formula is C15H22ClNS. The topological polar surface area (TPSA) is 26.0 Å². The predicted molar refractivity (Wildman–Crippen MR) is 82.2 cm³/mol. The molecule has 1 aromatic carbocycles. The van der Waals surface area contributed by atoms with E-state index in [2.05, 4.69) is 12.1 Å². The molecule has 3 heteroatoms. The zero-order valence-corrected chi connectivity index (χ0v) is 12.3. The van der Waals surface area contributed by atoms with Crippen LogP contribution in [0.1, 0.15) is 37.7 Å². The summed E-state index contributed by atoms with van der Waals surface area (Å²) in [5.41, 5.74) is 7.18. The van der Waals surface area contributed by atoms with E-state index in [4.69, 9.17) is 17.3 Å². The van der Waals surface area contributed by atoms with Gasteiger partial charge in [-0.05, 0) is 36.9 Å². The van der Waals surface area contributed by atoms with Gasteiger partial charge in [0.05, 0.1) is 0 Å². The molecule has 0 aromatic heterocycles. The van der Waals surface area contributed by atoms with Crippen LogP contribution in [-0.4, -0.2) is 11.8 Å². The minimum absolute atomic E-state index is 0.694. The van der Waals surface area contributed by atoms with Gasteiger partial charge in [-0.3, -0.25) is 0 Å². The molecule has 100 valence electrons. The third-order valence-corrected chi connectivity index (χ3v) is 5.70. The SMILES string of the molecule is NCC1CCCCCC1SCc1ccccc1Cl. The van der Waals surface area contributed by atoms with Crippen molar-refractivity contribution in [3.63, 3.8) is 0 Å². The Bertz CT molecular complexity index is 369. The molecule has 1 aliphatic rings. The van der Waals surface area contributed by atoms with Gasteiger partial charge in [0.1, 0.15) is 0 Å². The van der Waals surface area contributed by atoms with Gasteiger partial charge in [-0.15, -0.1) is 0 Å². The zero-order chi connectivity index (χ0) is 12.8. The molecule has 18 heavy (non-hydrogen) atoms. The smallest absolute Gasteiger partial charge is 0.0446 e. The molecule has 0 radical (unpaired) electrons. The first-order valence-corrected chi connectivity index (χ1v) is 8.29. The zero-order valence-electron chi connectivity index (χ0n) is 10.8. The van der Waals surface area contributed by atoms with Crippen molar-refractivity contribution in [1.29, 1.82) is 0 Å². The Labute approximate surface area is 119 Å². The summed E-state index contributed by atoms with van der Waals surface area (Å²) < 4.78 is 0. The molecule has 0 saturated heterocycles.